The van der Waals surface area contributed by atoms with E-state index in [1.54, 1.807) is 0 Å². The quantitative estimate of drug-likeness (QED) is 0.164. The van der Waals surface area contributed by atoms with E-state index < -0.39 is 0 Å². The van der Waals surface area contributed by atoms with Crippen LogP contribution in [0, 0.1) is 0 Å². The summed E-state index contributed by atoms with van der Waals surface area (Å²) in [5, 5.41) is 18.8. The molecule has 11 aromatic rings. The smallest absolute Gasteiger partial charge is 0.143 e. The SMILES string of the molecule is c1ccc(C2NC(c3ccccc3)NC(c3cccc4c3oc3c(-c5ccc6sc7ccc(-n8c9ccccc9c9ccccc98)cc7c6c5)cccc34)N2)cc1. The lowest BCUT2D eigenvalue weighted by atomic mass is 9.99. The Morgan fingerprint density at radius 1 is 0.421 bits per heavy atom. The highest BCUT2D eigenvalue weighted by Gasteiger charge is 2.31. The van der Waals surface area contributed by atoms with E-state index in [9.17, 15) is 0 Å². The zero-order valence-electron chi connectivity index (χ0n) is 30.8. The summed E-state index contributed by atoms with van der Waals surface area (Å²) in [5.74, 6) is 0. The maximum atomic E-state index is 7.03. The third kappa shape index (κ3) is 5.27. The van der Waals surface area contributed by atoms with Crippen LogP contribution in [0.5, 0.6) is 0 Å². The fourth-order valence-electron chi connectivity index (χ4n) is 9.07. The molecule has 0 saturated carbocycles. The van der Waals surface area contributed by atoms with Crippen molar-refractivity contribution in [2.75, 3.05) is 0 Å². The molecule has 8 aromatic carbocycles. The summed E-state index contributed by atoms with van der Waals surface area (Å²) in [6, 6.07) is 65.5. The molecular formula is C51H36N4OS. The van der Waals surface area contributed by atoms with Gasteiger partial charge in [0.05, 0.1) is 29.5 Å². The number of benzene rings is 8. The summed E-state index contributed by atoms with van der Waals surface area (Å²) < 4.78 is 12.0. The lowest BCUT2D eigenvalue weighted by Crippen LogP contribution is -2.54. The van der Waals surface area contributed by atoms with Crippen LogP contribution in [0.25, 0.3) is 80.7 Å². The molecule has 0 radical (unpaired) electrons. The molecule has 6 heteroatoms. The maximum Gasteiger partial charge on any atom is 0.143 e. The van der Waals surface area contributed by atoms with E-state index in [4.69, 9.17) is 4.42 Å². The third-order valence-electron chi connectivity index (χ3n) is 11.7. The number of rotatable bonds is 5. The highest BCUT2D eigenvalue weighted by molar-refractivity contribution is 7.25. The largest absolute Gasteiger partial charge is 0.455 e. The van der Waals surface area contributed by atoms with Gasteiger partial charge in [-0.1, -0.05) is 140 Å². The highest BCUT2D eigenvalue weighted by atomic mass is 32.1. The third-order valence-corrected chi connectivity index (χ3v) is 12.9. The van der Waals surface area contributed by atoms with Gasteiger partial charge in [0.15, 0.2) is 0 Å². The number of furan rings is 1. The minimum Gasteiger partial charge on any atom is -0.455 e. The molecular weight excluding hydrogens is 717 g/mol. The molecule has 12 rings (SSSR count). The Morgan fingerprint density at radius 2 is 0.965 bits per heavy atom. The zero-order chi connectivity index (χ0) is 37.5. The van der Waals surface area contributed by atoms with Gasteiger partial charge in [0, 0.05) is 58.5 Å². The van der Waals surface area contributed by atoms with Crippen molar-refractivity contribution in [2.24, 2.45) is 0 Å². The number of nitrogens with one attached hydrogen (secondary N) is 3. The number of aromatic nitrogens is 1. The molecule has 57 heavy (non-hydrogen) atoms. The standard InChI is InChI=1S/C51H36N4OS/c1-3-13-31(14-4-1)49-52-50(32-15-5-2-6-16-32)54-51(53-49)40-22-12-21-39-38-20-11-19-35(47(38)56-48(39)40)33-25-27-45-41(29-33)42-30-34(26-28-46(42)57-45)55-43-23-9-7-17-36(43)37-18-8-10-24-44(37)55/h1-30,49-54H. The van der Waals surface area contributed by atoms with Gasteiger partial charge >= 0.3 is 0 Å². The van der Waals surface area contributed by atoms with E-state index in [1.807, 2.05) is 11.3 Å². The average molecular weight is 753 g/mol. The first-order valence-electron chi connectivity index (χ1n) is 19.5. The molecule has 5 nitrogen and oxygen atoms in total. The van der Waals surface area contributed by atoms with Gasteiger partial charge in [-0.3, -0.25) is 16.0 Å². The predicted molar refractivity (Wildman–Crippen MR) is 237 cm³/mol. The van der Waals surface area contributed by atoms with Gasteiger partial charge in [-0.15, -0.1) is 11.3 Å². The van der Waals surface area contributed by atoms with Gasteiger partial charge in [-0.05, 0) is 59.2 Å². The van der Waals surface area contributed by atoms with Crippen LogP contribution in [0.3, 0.4) is 0 Å². The van der Waals surface area contributed by atoms with Crippen LogP contribution in [0.15, 0.2) is 186 Å². The Hall–Kier alpha value is -6.54. The van der Waals surface area contributed by atoms with Gasteiger partial charge < -0.3 is 8.98 Å². The number of para-hydroxylation sites is 4. The molecule has 1 aliphatic heterocycles. The van der Waals surface area contributed by atoms with E-state index >= 15 is 0 Å². The minimum absolute atomic E-state index is 0.0690. The molecule has 0 amide bonds. The topological polar surface area (TPSA) is 54.2 Å². The molecule has 2 atom stereocenters. The van der Waals surface area contributed by atoms with E-state index in [2.05, 4.69) is 203 Å². The van der Waals surface area contributed by atoms with Crippen molar-refractivity contribution in [3.8, 4) is 16.8 Å². The summed E-state index contributed by atoms with van der Waals surface area (Å²) in [5.41, 5.74) is 11.1. The van der Waals surface area contributed by atoms with Crippen molar-refractivity contribution in [3.63, 3.8) is 0 Å². The first kappa shape index (κ1) is 32.7. The van der Waals surface area contributed by atoms with Gasteiger partial charge in [0.2, 0.25) is 0 Å². The van der Waals surface area contributed by atoms with Gasteiger partial charge in [0.1, 0.15) is 11.2 Å². The summed E-state index contributed by atoms with van der Waals surface area (Å²) in [4.78, 5) is 0. The molecule has 1 saturated heterocycles. The number of hydrogen-bond donors (Lipinski definition) is 3. The van der Waals surface area contributed by atoms with Crippen molar-refractivity contribution < 1.29 is 4.42 Å². The second-order valence-electron chi connectivity index (χ2n) is 15.0. The molecule has 0 bridgehead atoms. The summed E-state index contributed by atoms with van der Waals surface area (Å²) in [6.07, 6.45) is -0.312. The fourth-order valence-corrected chi connectivity index (χ4v) is 10.1. The first-order chi connectivity index (χ1) is 28.2. The normalized spacial score (nSPS) is 17.4. The Kier molecular flexibility index (Phi) is 7.46. The van der Waals surface area contributed by atoms with E-state index in [1.165, 1.54) is 58.8 Å². The molecule has 4 heterocycles. The Labute approximate surface area is 332 Å². The maximum absolute atomic E-state index is 7.03. The van der Waals surface area contributed by atoms with E-state index in [0.717, 1.165) is 38.6 Å². The van der Waals surface area contributed by atoms with Crippen molar-refractivity contribution in [2.45, 2.75) is 18.5 Å². The van der Waals surface area contributed by atoms with E-state index in [0.29, 0.717) is 0 Å². The second kappa shape index (κ2) is 13.0. The monoisotopic (exact) mass is 752 g/mol. The van der Waals surface area contributed by atoms with Crippen molar-refractivity contribution in [1.82, 2.24) is 20.5 Å². The van der Waals surface area contributed by atoms with Crippen molar-refractivity contribution in [3.05, 3.63) is 199 Å². The lowest BCUT2D eigenvalue weighted by Gasteiger charge is -2.39. The number of thiophene rings is 1. The summed E-state index contributed by atoms with van der Waals surface area (Å²) in [7, 11) is 0. The minimum atomic E-state index is -0.174. The zero-order valence-corrected chi connectivity index (χ0v) is 31.6. The average Bonchev–Trinajstić information content (AvgIpc) is 3.96. The molecule has 0 aliphatic carbocycles. The first-order valence-corrected chi connectivity index (χ1v) is 20.3. The number of fused-ring (bicyclic) bond motifs is 9. The molecule has 1 fully saturated rings. The number of hydrogen-bond acceptors (Lipinski definition) is 5. The van der Waals surface area contributed by atoms with Crippen molar-refractivity contribution >= 4 is 75.3 Å². The van der Waals surface area contributed by atoms with Crippen LogP contribution in [0.4, 0.5) is 0 Å². The van der Waals surface area contributed by atoms with Crippen molar-refractivity contribution in [1.29, 1.82) is 0 Å². The Bertz CT molecular complexity index is 3210. The Balaban J connectivity index is 0.978. The van der Waals surface area contributed by atoms with Crippen LogP contribution in [0.2, 0.25) is 0 Å². The van der Waals surface area contributed by atoms with Crippen LogP contribution in [-0.2, 0) is 0 Å². The molecule has 3 N–H and O–H groups in total. The summed E-state index contributed by atoms with van der Waals surface area (Å²) in [6.45, 7) is 0. The molecule has 1 aliphatic rings. The molecule has 2 unspecified atom stereocenters. The molecule has 0 spiro atoms. The van der Waals surface area contributed by atoms with Crippen LogP contribution in [-0.4, -0.2) is 4.57 Å². The lowest BCUT2D eigenvalue weighted by molar-refractivity contribution is 0.203. The Morgan fingerprint density at radius 3 is 1.65 bits per heavy atom. The summed E-state index contributed by atoms with van der Waals surface area (Å²) >= 11 is 1.85. The van der Waals surface area contributed by atoms with Crippen LogP contribution >= 0.6 is 11.3 Å². The molecule has 272 valence electrons. The second-order valence-corrected chi connectivity index (χ2v) is 16.1. The van der Waals surface area contributed by atoms with Gasteiger partial charge in [-0.25, -0.2) is 0 Å². The van der Waals surface area contributed by atoms with Gasteiger partial charge in [0.25, 0.3) is 0 Å². The molecule has 3 aromatic heterocycles. The van der Waals surface area contributed by atoms with Crippen LogP contribution in [0.1, 0.15) is 35.2 Å². The number of nitrogens with zero attached hydrogens (tertiary/aromatic N) is 1. The van der Waals surface area contributed by atoms with E-state index in [-0.39, 0.29) is 18.5 Å². The van der Waals surface area contributed by atoms with Gasteiger partial charge in [-0.2, -0.15) is 0 Å². The predicted octanol–water partition coefficient (Wildman–Crippen LogP) is 12.9. The van der Waals surface area contributed by atoms with Crippen LogP contribution < -0.4 is 16.0 Å². The fraction of sp³-hybridized carbons (Fsp3) is 0.0588. The highest BCUT2D eigenvalue weighted by Crippen LogP contribution is 2.43.